The number of anilines is 2. The fourth-order valence-corrected chi connectivity index (χ4v) is 2.45. The van der Waals surface area contributed by atoms with E-state index in [0.717, 1.165) is 12.1 Å². The van der Waals surface area contributed by atoms with E-state index in [1.807, 2.05) is 0 Å². The van der Waals surface area contributed by atoms with Gasteiger partial charge in [0.1, 0.15) is 35.0 Å². The molecular weight excluding hydrogens is 286 g/mol. The predicted octanol–water partition coefficient (Wildman–Crippen LogP) is 2.97. The Balaban J connectivity index is 2.12. The summed E-state index contributed by atoms with van der Waals surface area (Å²) in [5.74, 6) is -0.976. The molecule has 1 aromatic carbocycles. The van der Waals surface area contributed by atoms with Crippen molar-refractivity contribution in [1.29, 1.82) is 5.26 Å². The number of nitriles is 1. The van der Waals surface area contributed by atoms with Crippen molar-refractivity contribution >= 4 is 23.1 Å². The second-order valence-electron chi connectivity index (χ2n) is 4.26. The molecule has 0 N–H and O–H groups in total. The molecule has 0 saturated heterocycles. The third-order valence-corrected chi connectivity index (χ3v) is 3.48. The maximum absolute atomic E-state index is 14.0. The van der Waals surface area contributed by atoms with E-state index < -0.39 is 11.6 Å². The van der Waals surface area contributed by atoms with E-state index in [2.05, 4.69) is 9.97 Å². The first-order valence-corrected chi connectivity index (χ1v) is 6.15. The Hall–Kier alpha value is -2.26. The molecule has 0 spiro atoms. The first-order chi connectivity index (χ1) is 9.61. The van der Waals surface area contributed by atoms with Crippen molar-refractivity contribution < 1.29 is 8.78 Å². The number of fused-ring (bicyclic) bond motifs is 1. The molecule has 7 heteroatoms. The maximum Gasteiger partial charge on any atom is 0.148 e. The summed E-state index contributed by atoms with van der Waals surface area (Å²) in [5, 5.41) is 9.00. The molecule has 2 aromatic rings. The summed E-state index contributed by atoms with van der Waals surface area (Å²) in [6.07, 6.45) is 1.83. The van der Waals surface area contributed by atoms with E-state index in [-0.39, 0.29) is 11.3 Å². The smallest absolute Gasteiger partial charge is 0.148 e. The molecule has 0 bridgehead atoms. The molecule has 0 radical (unpaired) electrons. The van der Waals surface area contributed by atoms with E-state index in [9.17, 15) is 8.78 Å². The van der Waals surface area contributed by atoms with Gasteiger partial charge in [0.15, 0.2) is 0 Å². The first-order valence-electron chi connectivity index (χ1n) is 5.78. The van der Waals surface area contributed by atoms with Crippen LogP contribution < -0.4 is 4.90 Å². The van der Waals surface area contributed by atoms with E-state index in [0.29, 0.717) is 29.5 Å². The topological polar surface area (TPSA) is 52.8 Å². The van der Waals surface area contributed by atoms with Crippen LogP contribution in [0.2, 0.25) is 5.15 Å². The number of halogens is 3. The first kappa shape index (κ1) is 12.8. The second-order valence-corrected chi connectivity index (χ2v) is 4.62. The minimum atomic E-state index is -0.766. The number of hydrogen-bond acceptors (Lipinski definition) is 4. The van der Waals surface area contributed by atoms with Gasteiger partial charge in [0.2, 0.25) is 0 Å². The van der Waals surface area contributed by atoms with Crippen LogP contribution in [0.3, 0.4) is 0 Å². The van der Waals surface area contributed by atoms with Gasteiger partial charge < -0.3 is 4.90 Å². The lowest BCUT2D eigenvalue weighted by atomic mass is 10.2. The molecule has 100 valence electrons. The molecule has 20 heavy (non-hydrogen) atoms. The minimum absolute atomic E-state index is 0.0371. The van der Waals surface area contributed by atoms with Crippen LogP contribution in [-0.4, -0.2) is 16.5 Å². The maximum atomic E-state index is 14.0. The van der Waals surface area contributed by atoms with Crippen molar-refractivity contribution in [2.75, 3.05) is 11.4 Å². The van der Waals surface area contributed by atoms with Crippen molar-refractivity contribution in [1.82, 2.24) is 9.97 Å². The van der Waals surface area contributed by atoms with E-state index in [1.165, 1.54) is 11.2 Å². The fourth-order valence-electron chi connectivity index (χ4n) is 2.22. The monoisotopic (exact) mass is 292 g/mol. The molecule has 0 atom stereocenters. The van der Waals surface area contributed by atoms with Crippen LogP contribution in [0.1, 0.15) is 11.1 Å². The Bertz CT molecular complexity index is 742. The Labute approximate surface area is 118 Å². The third-order valence-electron chi connectivity index (χ3n) is 3.16. The summed E-state index contributed by atoms with van der Waals surface area (Å²) in [6, 6.07) is 3.48. The molecule has 0 amide bonds. The zero-order valence-electron chi connectivity index (χ0n) is 10.1. The van der Waals surface area contributed by atoms with Gasteiger partial charge in [-0.15, -0.1) is 0 Å². The minimum Gasteiger partial charge on any atom is -0.323 e. The average Bonchev–Trinajstić information content (AvgIpc) is 2.86. The number of aromatic nitrogens is 2. The summed E-state index contributed by atoms with van der Waals surface area (Å²) in [5.41, 5.74) is 0.416. The van der Waals surface area contributed by atoms with Gasteiger partial charge in [-0.3, -0.25) is 0 Å². The van der Waals surface area contributed by atoms with Crippen LogP contribution in [0, 0.1) is 23.0 Å². The van der Waals surface area contributed by atoms with Gasteiger partial charge in [-0.1, -0.05) is 11.6 Å². The zero-order valence-corrected chi connectivity index (χ0v) is 10.8. The van der Waals surface area contributed by atoms with Crippen molar-refractivity contribution in [3.05, 3.63) is 46.4 Å². The van der Waals surface area contributed by atoms with Gasteiger partial charge in [0.05, 0.1) is 11.3 Å². The van der Waals surface area contributed by atoms with Crippen molar-refractivity contribution in [2.45, 2.75) is 6.42 Å². The molecule has 1 aliphatic heterocycles. The Morgan fingerprint density at radius 3 is 2.80 bits per heavy atom. The van der Waals surface area contributed by atoms with Crippen molar-refractivity contribution in [3.63, 3.8) is 0 Å². The fraction of sp³-hybridized carbons (Fsp3) is 0.154. The second kappa shape index (κ2) is 4.69. The number of benzene rings is 1. The zero-order chi connectivity index (χ0) is 14.3. The highest BCUT2D eigenvalue weighted by molar-refractivity contribution is 6.30. The number of rotatable bonds is 1. The molecule has 3 rings (SSSR count). The Kier molecular flexibility index (Phi) is 2.99. The van der Waals surface area contributed by atoms with Gasteiger partial charge in [0, 0.05) is 18.2 Å². The highest BCUT2D eigenvalue weighted by atomic mass is 35.5. The molecule has 4 nitrogen and oxygen atoms in total. The largest absolute Gasteiger partial charge is 0.323 e. The number of hydrogen-bond donors (Lipinski definition) is 0. The molecule has 1 aromatic heterocycles. The van der Waals surface area contributed by atoms with Crippen LogP contribution in [-0.2, 0) is 6.42 Å². The van der Waals surface area contributed by atoms with Crippen LogP contribution in [0.4, 0.5) is 20.3 Å². The van der Waals surface area contributed by atoms with Gasteiger partial charge in [0.25, 0.3) is 0 Å². The molecule has 0 aliphatic carbocycles. The van der Waals surface area contributed by atoms with Crippen LogP contribution >= 0.6 is 11.6 Å². The van der Waals surface area contributed by atoms with Crippen LogP contribution in [0.15, 0.2) is 18.5 Å². The van der Waals surface area contributed by atoms with Gasteiger partial charge in [-0.25, -0.2) is 18.7 Å². The van der Waals surface area contributed by atoms with E-state index >= 15 is 0 Å². The Morgan fingerprint density at radius 1 is 1.25 bits per heavy atom. The van der Waals surface area contributed by atoms with E-state index in [4.69, 9.17) is 16.9 Å². The molecule has 0 unspecified atom stereocenters. The van der Waals surface area contributed by atoms with Gasteiger partial charge >= 0.3 is 0 Å². The highest BCUT2D eigenvalue weighted by Crippen LogP contribution is 2.37. The lowest BCUT2D eigenvalue weighted by Gasteiger charge is -2.19. The summed E-state index contributed by atoms with van der Waals surface area (Å²) in [7, 11) is 0. The highest BCUT2D eigenvalue weighted by Gasteiger charge is 2.27. The average molecular weight is 293 g/mol. The molecule has 0 saturated carbocycles. The van der Waals surface area contributed by atoms with Crippen molar-refractivity contribution in [2.24, 2.45) is 0 Å². The molecule has 1 aliphatic rings. The van der Waals surface area contributed by atoms with Gasteiger partial charge in [-0.05, 0) is 12.5 Å². The SMILES string of the molecule is N#Cc1cc(F)c(N2CCc3c(Cl)ncnc32)cc1F. The molecule has 0 fully saturated rings. The summed E-state index contributed by atoms with van der Waals surface area (Å²) < 4.78 is 27.7. The summed E-state index contributed by atoms with van der Waals surface area (Å²) in [4.78, 5) is 9.46. The molecular formula is C13H7ClF2N4. The molecule has 2 heterocycles. The standard InChI is InChI=1S/C13H7ClF2N4/c14-12-8-1-2-20(13(8)19-6-18-12)11-4-9(15)7(5-17)3-10(11)16/h3-4,6H,1-2H2. The third kappa shape index (κ3) is 1.87. The predicted molar refractivity (Wildman–Crippen MR) is 68.8 cm³/mol. The lowest BCUT2D eigenvalue weighted by molar-refractivity contribution is 0.596. The van der Waals surface area contributed by atoms with E-state index in [1.54, 1.807) is 6.07 Å². The quantitative estimate of drug-likeness (QED) is 0.758. The normalized spacial score (nSPS) is 13.2. The summed E-state index contributed by atoms with van der Waals surface area (Å²) in [6.45, 7) is 0.427. The lowest BCUT2D eigenvalue weighted by Crippen LogP contribution is -2.16. The number of nitrogens with zero attached hydrogens (tertiary/aromatic N) is 4. The van der Waals surface area contributed by atoms with Gasteiger partial charge in [-0.2, -0.15) is 5.26 Å². The Morgan fingerprint density at radius 2 is 2.05 bits per heavy atom. The van der Waals surface area contributed by atoms with Crippen LogP contribution in [0.25, 0.3) is 0 Å². The van der Waals surface area contributed by atoms with Crippen LogP contribution in [0.5, 0.6) is 0 Å². The summed E-state index contributed by atoms with van der Waals surface area (Å²) >= 11 is 5.95. The van der Waals surface area contributed by atoms with Crippen molar-refractivity contribution in [3.8, 4) is 6.07 Å².